The molecule has 2 nitrogen and oxygen atoms in total. The topological polar surface area (TPSA) is 37.3 Å². The van der Waals surface area contributed by atoms with Crippen LogP contribution in [0.3, 0.4) is 0 Å². The number of Topliss-reactive ketones (excluding diaryl/α,β-unsaturated/α-hetero) is 1. The summed E-state index contributed by atoms with van der Waals surface area (Å²) in [6, 6.07) is 19.1. The summed E-state index contributed by atoms with van der Waals surface area (Å²) in [4.78, 5) is 12.2. The third-order valence-corrected chi connectivity index (χ3v) is 2.96. The normalized spacial score (nSPS) is 12.4. The van der Waals surface area contributed by atoms with Gasteiger partial charge in [-0.1, -0.05) is 60.7 Å². The summed E-state index contributed by atoms with van der Waals surface area (Å²) in [7, 11) is 0. The average molecular weight is 240 g/mol. The smallest absolute Gasteiger partial charge is 0.172 e. The summed E-state index contributed by atoms with van der Waals surface area (Å²) in [5.41, 5.74) is 1.82. The molecule has 2 aromatic rings. The van der Waals surface area contributed by atoms with Crippen LogP contribution in [0.2, 0.25) is 0 Å². The number of ketones is 1. The maximum absolute atomic E-state index is 12.2. The van der Waals surface area contributed by atoms with Gasteiger partial charge in [0.25, 0.3) is 0 Å². The Labute approximate surface area is 107 Å². The first-order valence-electron chi connectivity index (χ1n) is 6.02. The van der Waals surface area contributed by atoms with Gasteiger partial charge in [0.2, 0.25) is 0 Å². The average Bonchev–Trinajstić information content (AvgIpc) is 2.41. The van der Waals surface area contributed by atoms with Gasteiger partial charge in [0, 0.05) is 0 Å². The monoisotopic (exact) mass is 240 g/mol. The number of carbonyl (C=O) groups is 1. The molecule has 0 bridgehead atoms. The van der Waals surface area contributed by atoms with Crippen LogP contribution in [0.5, 0.6) is 0 Å². The van der Waals surface area contributed by atoms with Crippen molar-refractivity contribution in [2.45, 2.75) is 18.9 Å². The summed E-state index contributed by atoms with van der Waals surface area (Å²) in [6.45, 7) is 1.52. The van der Waals surface area contributed by atoms with Crippen LogP contribution in [0.25, 0.3) is 0 Å². The molecule has 92 valence electrons. The van der Waals surface area contributed by atoms with Gasteiger partial charge in [-0.3, -0.25) is 4.79 Å². The van der Waals surface area contributed by atoms with Crippen molar-refractivity contribution in [3.05, 3.63) is 71.8 Å². The second kappa shape index (κ2) is 5.61. The predicted molar refractivity (Wildman–Crippen MR) is 71.4 cm³/mol. The van der Waals surface area contributed by atoms with Gasteiger partial charge in [-0.2, -0.15) is 0 Å². The van der Waals surface area contributed by atoms with E-state index >= 15 is 0 Å². The lowest BCUT2D eigenvalue weighted by molar-refractivity contribution is -0.126. The van der Waals surface area contributed by atoms with Crippen LogP contribution in [-0.4, -0.2) is 17.0 Å². The zero-order valence-corrected chi connectivity index (χ0v) is 10.3. The summed E-state index contributed by atoms with van der Waals surface area (Å²) in [6.07, 6.45) is -0.963. The van der Waals surface area contributed by atoms with Crippen LogP contribution < -0.4 is 0 Å². The summed E-state index contributed by atoms with van der Waals surface area (Å²) in [5, 5.41) is 9.56. The van der Waals surface area contributed by atoms with E-state index in [-0.39, 0.29) is 5.78 Å². The number of hydrogen-bond donors (Lipinski definition) is 1. The number of aliphatic hydroxyl groups excluding tert-OH is 1. The fourth-order valence-corrected chi connectivity index (χ4v) is 2.05. The molecule has 0 saturated heterocycles. The SMILES string of the molecule is CC(O)C(=O)C(c1ccccc1)c1ccccc1. The maximum atomic E-state index is 12.2. The first-order chi connectivity index (χ1) is 8.70. The molecular formula is C16H16O2. The second-order valence-electron chi connectivity index (χ2n) is 4.33. The summed E-state index contributed by atoms with van der Waals surface area (Å²) >= 11 is 0. The maximum Gasteiger partial charge on any atom is 0.172 e. The standard InChI is InChI=1S/C16H16O2/c1-12(17)16(18)15(13-8-4-2-5-9-13)14-10-6-3-7-11-14/h2-12,15,17H,1H3. The number of hydrogen-bond acceptors (Lipinski definition) is 2. The van der Waals surface area contributed by atoms with E-state index in [0.29, 0.717) is 0 Å². The Morgan fingerprint density at radius 1 is 0.889 bits per heavy atom. The Balaban J connectivity index is 2.45. The molecule has 1 atom stereocenters. The van der Waals surface area contributed by atoms with Gasteiger partial charge in [0.15, 0.2) is 5.78 Å². The quantitative estimate of drug-likeness (QED) is 0.892. The molecule has 2 aromatic carbocycles. The molecule has 0 amide bonds. The number of benzene rings is 2. The van der Waals surface area contributed by atoms with Gasteiger partial charge in [-0.25, -0.2) is 0 Å². The van der Waals surface area contributed by atoms with Crippen LogP contribution in [-0.2, 0) is 4.79 Å². The minimum absolute atomic E-state index is 0.174. The van der Waals surface area contributed by atoms with Crippen LogP contribution in [0.4, 0.5) is 0 Å². The van der Waals surface area contributed by atoms with E-state index in [1.807, 2.05) is 60.7 Å². The molecule has 0 aliphatic heterocycles. The molecular weight excluding hydrogens is 224 g/mol. The minimum atomic E-state index is -0.963. The zero-order chi connectivity index (χ0) is 13.0. The van der Waals surface area contributed by atoms with Crippen molar-refractivity contribution in [3.63, 3.8) is 0 Å². The van der Waals surface area contributed by atoms with E-state index in [0.717, 1.165) is 11.1 Å². The van der Waals surface area contributed by atoms with Crippen LogP contribution in [0.15, 0.2) is 60.7 Å². The molecule has 0 spiro atoms. The highest BCUT2D eigenvalue weighted by atomic mass is 16.3. The number of aliphatic hydroxyl groups is 1. The van der Waals surface area contributed by atoms with Gasteiger partial charge in [-0.05, 0) is 18.1 Å². The molecule has 0 aromatic heterocycles. The van der Waals surface area contributed by atoms with Crippen molar-refractivity contribution in [1.82, 2.24) is 0 Å². The van der Waals surface area contributed by atoms with Gasteiger partial charge in [0.1, 0.15) is 6.10 Å². The highest BCUT2D eigenvalue weighted by Gasteiger charge is 2.25. The second-order valence-corrected chi connectivity index (χ2v) is 4.33. The molecule has 0 aliphatic carbocycles. The summed E-state index contributed by atoms with van der Waals surface area (Å²) in [5.74, 6) is -0.570. The third kappa shape index (κ3) is 2.66. The van der Waals surface area contributed by atoms with Gasteiger partial charge in [0.05, 0.1) is 5.92 Å². The van der Waals surface area contributed by atoms with Gasteiger partial charge in [-0.15, -0.1) is 0 Å². The Bertz CT molecular complexity index is 464. The van der Waals surface area contributed by atoms with Crippen LogP contribution in [0.1, 0.15) is 24.0 Å². The minimum Gasteiger partial charge on any atom is -0.386 e. The van der Waals surface area contributed by atoms with Crippen molar-refractivity contribution in [3.8, 4) is 0 Å². The van der Waals surface area contributed by atoms with Crippen LogP contribution >= 0.6 is 0 Å². The predicted octanol–water partition coefficient (Wildman–Crippen LogP) is 2.77. The van der Waals surface area contributed by atoms with E-state index in [1.54, 1.807) is 0 Å². The highest BCUT2D eigenvalue weighted by molar-refractivity contribution is 5.92. The lowest BCUT2D eigenvalue weighted by atomic mass is 9.86. The van der Waals surface area contributed by atoms with Crippen molar-refractivity contribution in [1.29, 1.82) is 0 Å². The van der Waals surface area contributed by atoms with E-state index in [1.165, 1.54) is 6.92 Å². The molecule has 1 unspecified atom stereocenters. The van der Waals surface area contributed by atoms with Crippen molar-refractivity contribution >= 4 is 5.78 Å². The first-order valence-corrected chi connectivity index (χ1v) is 6.02. The molecule has 0 fully saturated rings. The molecule has 2 heteroatoms. The third-order valence-electron chi connectivity index (χ3n) is 2.96. The molecule has 0 radical (unpaired) electrons. The lowest BCUT2D eigenvalue weighted by Gasteiger charge is -2.18. The molecule has 0 saturated carbocycles. The highest BCUT2D eigenvalue weighted by Crippen LogP contribution is 2.26. The van der Waals surface area contributed by atoms with E-state index in [2.05, 4.69) is 0 Å². The van der Waals surface area contributed by atoms with Crippen LogP contribution in [0, 0.1) is 0 Å². The zero-order valence-electron chi connectivity index (χ0n) is 10.3. The van der Waals surface area contributed by atoms with Gasteiger partial charge < -0.3 is 5.11 Å². The fraction of sp³-hybridized carbons (Fsp3) is 0.188. The molecule has 0 aliphatic rings. The van der Waals surface area contributed by atoms with Crippen molar-refractivity contribution in [2.24, 2.45) is 0 Å². The molecule has 18 heavy (non-hydrogen) atoms. The Morgan fingerprint density at radius 2 is 1.28 bits per heavy atom. The Kier molecular flexibility index (Phi) is 3.90. The van der Waals surface area contributed by atoms with E-state index in [9.17, 15) is 9.90 Å². The first kappa shape index (κ1) is 12.5. The van der Waals surface area contributed by atoms with E-state index < -0.39 is 12.0 Å². The Morgan fingerprint density at radius 3 is 1.61 bits per heavy atom. The molecule has 2 rings (SSSR count). The molecule has 1 N–H and O–H groups in total. The molecule has 0 heterocycles. The Hall–Kier alpha value is -1.93. The van der Waals surface area contributed by atoms with E-state index in [4.69, 9.17) is 0 Å². The van der Waals surface area contributed by atoms with Gasteiger partial charge >= 0.3 is 0 Å². The number of carbonyl (C=O) groups excluding carboxylic acids is 1. The largest absolute Gasteiger partial charge is 0.386 e. The van der Waals surface area contributed by atoms with Crippen molar-refractivity contribution < 1.29 is 9.90 Å². The fourth-order valence-electron chi connectivity index (χ4n) is 2.05. The lowest BCUT2D eigenvalue weighted by Crippen LogP contribution is -2.24. The number of rotatable bonds is 4. The summed E-state index contributed by atoms with van der Waals surface area (Å²) < 4.78 is 0. The van der Waals surface area contributed by atoms with Crippen molar-refractivity contribution in [2.75, 3.05) is 0 Å².